The van der Waals surface area contributed by atoms with Crippen molar-refractivity contribution in [1.82, 2.24) is 10.3 Å². The van der Waals surface area contributed by atoms with Crippen LogP contribution in [0.3, 0.4) is 0 Å². The van der Waals surface area contributed by atoms with E-state index in [0.717, 1.165) is 18.7 Å². The molecule has 12 nitrogen and oxygen atoms in total. The zero-order valence-electron chi connectivity index (χ0n) is 23.8. The molecule has 2 aromatic carbocycles. The third-order valence-corrected chi connectivity index (χ3v) is 7.19. The number of carbonyl (C=O) groups is 3. The van der Waals surface area contributed by atoms with Gasteiger partial charge in [0, 0.05) is 23.4 Å². The molecular formula is C29H28Cl2N4O8. The van der Waals surface area contributed by atoms with Gasteiger partial charge in [-0.3, -0.25) is 19.9 Å². The van der Waals surface area contributed by atoms with E-state index in [9.17, 15) is 29.6 Å². The second-order valence-electron chi connectivity index (χ2n) is 9.72. The normalized spacial score (nSPS) is 15.6. The quantitative estimate of drug-likeness (QED) is 0.169. The maximum absolute atomic E-state index is 12.1. The van der Waals surface area contributed by atoms with E-state index in [1.54, 1.807) is 31.3 Å². The Bertz CT molecular complexity index is 1630. The van der Waals surface area contributed by atoms with E-state index in [1.165, 1.54) is 18.2 Å². The number of benzene rings is 2. The van der Waals surface area contributed by atoms with Crippen LogP contribution in [0.15, 0.2) is 53.7 Å². The maximum atomic E-state index is 12.1. The highest BCUT2D eigenvalue weighted by Crippen LogP contribution is 2.34. The Morgan fingerprint density at radius 2 is 1.84 bits per heavy atom. The number of carboxylic acid groups (broad SMARTS) is 1. The number of rotatable bonds is 8. The summed E-state index contributed by atoms with van der Waals surface area (Å²) in [7, 11) is 1.13. The van der Waals surface area contributed by atoms with E-state index in [1.807, 2.05) is 20.8 Å². The highest BCUT2D eigenvalue weighted by molar-refractivity contribution is 6.35. The van der Waals surface area contributed by atoms with Crippen LogP contribution in [-0.4, -0.2) is 51.3 Å². The van der Waals surface area contributed by atoms with Crippen molar-refractivity contribution in [3.8, 4) is 11.5 Å². The number of carbonyl (C=O) groups excluding carboxylic acids is 2. The minimum atomic E-state index is -1.08. The molecule has 0 saturated heterocycles. The number of esters is 1. The summed E-state index contributed by atoms with van der Waals surface area (Å²) < 4.78 is 10.0. The second-order valence-corrected chi connectivity index (χ2v) is 10.6. The summed E-state index contributed by atoms with van der Waals surface area (Å²) >= 11 is 11.8. The fourth-order valence-corrected chi connectivity index (χ4v) is 4.24. The molecule has 43 heavy (non-hydrogen) atoms. The number of hydrogen-bond acceptors (Lipinski definition) is 9. The highest BCUT2D eigenvalue weighted by Gasteiger charge is 2.43. The predicted octanol–water partition coefficient (Wildman–Crippen LogP) is 6.11. The van der Waals surface area contributed by atoms with Crippen molar-refractivity contribution < 1.29 is 33.9 Å². The Morgan fingerprint density at radius 1 is 1.14 bits per heavy atom. The molecule has 0 fully saturated rings. The van der Waals surface area contributed by atoms with Gasteiger partial charge >= 0.3 is 11.9 Å². The standard InChI is InChI=1S/C15H19N3O3.C14H9Cl2NO5/c1-5-9-6-10(13(19)20)11(16-7-9)12-17-14(21)15(4,18-12)8(2)3;1-21-14(18)10-7-9(3-4-12(10)17(19)20)22-13-5-2-8(15)6-11(13)16/h6-8H,5H2,1-4H3,(H,19,20)(H,17,18,21);2-7H,1H3. The number of pyridine rings is 1. The number of nitro benzene ring substituents is 1. The molecule has 0 spiro atoms. The van der Waals surface area contributed by atoms with Crippen LogP contribution >= 0.6 is 23.2 Å². The minimum absolute atomic E-state index is 0.00167. The van der Waals surface area contributed by atoms with Gasteiger partial charge in [0.15, 0.2) is 5.84 Å². The molecule has 2 N–H and O–H groups in total. The van der Waals surface area contributed by atoms with E-state index in [2.05, 4.69) is 20.0 Å². The number of aromatic nitrogens is 1. The second kappa shape index (κ2) is 13.6. The average molecular weight is 631 g/mol. The first kappa shape index (κ1) is 33.0. The SMILES string of the molecule is CCc1cnc(C2=NC(C)(C(C)C)C(=O)N2)c(C(=O)O)c1.COC(=O)c1cc(Oc2ccc(Cl)cc2Cl)ccc1[N+](=O)[O-]. The van der Waals surface area contributed by atoms with Crippen molar-refractivity contribution in [1.29, 1.82) is 0 Å². The number of nitro groups is 1. The Hall–Kier alpha value is -4.55. The van der Waals surface area contributed by atoms with Gasteiger partial charge in [-0.15, -0.1) is 0 Å². The number of aromatic carboxylic acids is 1. The molecule has 1 aromatic heterocycles. The van der Waals surface area contributed by atoms with E-state index in [-0.39, 0.29) is 50.9 Å². The monoisotopic (exact) mass is 630 g/mol. The molecule has 0 bridgehead atoms. The lowest BCUT2D eigenvalue weighted by Crippen LogP contribution is -2.41. The molecule has 1 unspecified atom stereocenters. The first-order valence-electron chi connectivity index (χ1n) is 12.8. The van der Waals surface area contributed by atoms with E-state index in [4.69, 9.17) is 27.9 Å². The number of aryl methyl sites for hydroxylation is 1. The Morgan fingerprint density at radius 3 is 2.37 bits per heavy atom. The third kappa shape index (κ3) is 7.46. The fourth-order valence-electron chi connectivity index (χ4n) is 3.80. The average Bonchev–Trinajstić information content (AvgIpc) is 3.28. The van der Waals surface area contributed by atoms with Gasteiger partial charge in [0.05, 0.1) is 22.6 Å². The van der Waals surface area contributed by atoms with Crippen molar-refractivity contribution in [2.45, 2.75) is 39.7 Å². The largest absolute Gasteiger partial charge is 0.478 e. The van der Waals surface area contributed by atoms with Gasteiger partial charge in [0.1, 0.15) is 28.3 Å². The number of aliphatic imine (C=N–C) groups is 1. The van der Waals surface area contributed by atoms with E-state index >= 15 is 0 Å². The summed E-state index contributed by atoms with van der Waals surface area (Å²) in [6, 6.07) is 9.92. The van der Waals surface area contributed by atoms with Gasteiger partial charge in [0.25, 0.3) is 11.6 Å². The van der Waals surface area contributed by atoms with Crippen molar-refractivity contribution in [2.24, 2.45) is 10.9 Å². The minimum Gasteiger partial charge on any atom is -0.478 e. The number of halogens is 2. The fraction of sp³-hybridized carbons (Fsp3) is 0.276. The number of hydrogen-bond donors (Lipinski definition) is 2. The number of carboxylic acids is 1. The zero-order valence-corrected chi connectivity index (χ0v) is 25.3. The lowest BCUT2D eigenvalue weighted by molar-refractivity contribution is -0.385. The third-order valence-electron chi connectivity index (χ3n) is 6.66. The summed E-state index contributed by atoms with van der Waals surface area (Å²) in [5, 5.41) is 23.6. The van der Waals surface area contributed by atoms with Crippen molar-refractivity contribution >= 4 is 52.6 Å². The van der Waals surface area contributed by atoms with Gasteiger partial charge in [-0.25, -0.2) is 14.6 Å². The first-order valence-corrected chi connectivity index (χ1v) is 13.6. The van der Waals surface area contributed by atoms with Crippen molar-refractivity contribution in [3.63, 3.8) is 0 Å². The summed E-state index contributed by atoms with van der Waals surface area (Å²) in [6.07, 6.45) is 2.30. The predicted molar refractivity (Wildman–Crippen MR) is 159 cm³/mol. The molecule has 2 heterocycles. The Balaban J connectivity index is 0.000000236. The van der Waals surface area contributed by atoms with Crippen LogP contribution in [0.2, 0.25) is 10.0 Å². The van der Waals surface area contributed by atoms with Crippen molar-refractivity contribution in [2.75, 3.05) is 7.11 Å². The molecule has 4 rings (SSSR count). The molecule has 1 amide bonds. The topological polar surface area (TPSA) is 170 Å². The Labute approximate surface area is 256 Å². The van der Waals surface area contributed by atoms with E-state index < -0.39 is 22.4 Å². The lowest BCUT2D eigenvalue weighted by Gasteiger charge is -2.21. The number of nitrogens with zero attached hydrogens (tertiary/aromatic N) is 3. The molecule has 226 valence electrons. The molecule has 3 aromatic rings. The molecule has 14 heteroatoms. The van der Waals surface area contributed by atoms with Crippen molar-refractivity contribution in [3.05, 3.63) is 91.2 Å². The molecule has 0 saturated carbocycles. The van der Waals surface area contributed by atoms with Crippen LogP contribution < -0.4 is 10.1 Å². The first-order chi connectivity index (χ1) is 20.2. The van der Waals surface area contributed by atoms with Crippen LogP contribution in [0.4, 0.5) is 5.69 Å². The van der Waals surface area contributed by atoms with Gasteiger partial charge in [-0.05, 0) is 55.2 Å². The van der Waals surface area contributed by atoms with E-state index in [0.29, 0.717) is 17.2 Å². The number of ether oxygens (including phenoxy) is 2. The number of amidine groups is 1. The molecule has 1 aliphatic rings. The molecular weight excluding hydrogens is 603 g/mol. The molecule has 1 aliphatic heterocycles. The number of nitrogens with one attached hydrogen (secondary N) is 1. The maximum Gasteiger partial charge on any atom is 0.345 e. The number of methoxy groups -OCH3 is 1. The summed E-state index contributed by atoms with van der Waals surface area (Å²) in [5.41, 5.74) is -0.390. The van der Waals surface area contributed by atoms with Gasteiger partial charge in [-0.2, -0.15) is 0 Å². The molecule has 1 atom stereocenters. The summed E-state index contributed by atoms with van der Waals surface area (Å²) in [5.74, 6) is -1.41. The smallest absolute Gasteiger partial charge is 0.345 e. The van der Waals surface area contributed by atoms with Crippen LogP contribution in [0, 0.1) is 16.0 Å². The lowest BCUT2D eigenvalue weighted by atomic mass is 9.89. The molecule has 0 aliphatic carbocycles. The number of amides is 1. The van der Waals surface area contributed by atoms with Gasteiger partial charge < -0.3 is 19.9 Å². The summed E-state index contributed by atoms with van der Waals surface area (Å²) in [4.78, 5) is 54.0. The van der Waals surface area contributed by atoms with Gasteiger partial charge in [-0.1, -0.05) is 44.0 Å². The summed E-state index contributed by atoms with van der Waals surface area (Å²) in [6.45, 7) is 7.46. The van der Waals surface area contributed by atoms with Crippen LogP contribution in [0.1, 0.15) is 59.7 Å². The van der Waals surface area contributed by atoms with Crippen LogP contribution in [0.25, 0.3) is 0 Å². The Kier molecular flexibility index (Phi) is 10.4. The molecule has 0 radical (unpaired) electrons. The van der Waals surface area contributed by atoms with Gasteiger partial charge in [0.2, 0.25) is 0 Å². The van der Waals surface area contributed by atoms with Crippen LogP contribution in [0.5, 0.6) is 11.5 Å². The zero-order chi connectivity index (χ0) is 32.1. The van der Waals surface area contributed by atoms with Crippen LogP contribution in [-0.2, 0) is 16.0 Å². The highest BCUT2D eigenvalue weighted by atomic mass is 35.5.